The van der Waals surface area contributed by atoms with Crippen molar-refractivity contribution in [3.8, 4) is 11.3 Å². The van der Waals surface area contributed by atoms with Gasteiger partial charge in [0.05, 0.1) is 22.5 Å². The van der Waals surface area contributed by atoms with Crippen LogP contribution in [0.3, 0.4) is 0 Å². The van der Waals surface area contributed by atoms with E-state index in [1.165, 1.54) is 25.2 Å². The number of halogens is 3. The summed E-state index contributed by atoms with van der Waals surface area (Å²) in [5.74, 6) is 0. The molecule has 0 radical (unpaired) electrons. The van der Waals surface area contributed by atoms with Crippen molar-refractivity contribution in [3.05, 3.63) is 71.7 Å². The Labute approximate surface area is 160 Å². The summed E-state index contributed by atoms with van der Waals surface area (Å²) in [4.78, 5) is 4.32. The minimum atomic E-state index is -4.43. The van der Waals surface area contributed by atoms with Gasteiger partial charge in [-0.15, -0.1) is 0 Å². The van der Waals surface area contributed by atoms with Crippen molar-refractivity contribution < 1.29 is 21.6 Å². The van der Waals surface area contributed by atoms with Crippen LogP contribution in [0.25, 0.3) is 11.3 Å². The number of imidazole rings is 1. The lowest BCUT2D eigenvalue weighted by Crippen LogP contribution is -2.18. The molecule has 0 saturated heterocycles. The van der Waals surface area contributed by atoms with E-state index in [-0.39, 0.29) is 11.3 Å². The van der Waals surface area contributed by atoms with E-state index in [1.807, 2.05) is 0 Å². The zero-order chi connectivity index (χ0) is 20.5. The van der Waals surface area contributed by atoms with Crippen molar-refractivity contribution in [2.24, 2.45) is 7.05 Å². The Morgan fingerprint density at radius 3 is 2.50 bits per heavy atom. The molecule has 3 rings (SSSR count). The lowest BCUT2D eigenvalue weighted by atomic mass is 9.97. The first kappa shape index (κ1) is 20.1. The lowest BCUT2D eigenvalue weighted by Gasteiger charge is -2.12. The maximum atomic E-state index is 13.0. The molecular weight excluding hydrogens is 391 g/mol. The van der Waals surface area contributed by atoms with Gasteiger partial charge in [-0.2, -0.15) is 13.2 Å². The molecule has 148 valence electrons. The van der Waals surface area contributed by atoms with Crippen molar-refractivity contribution in [1.29, 1.82) is 0 Å². The van der Waals surface area contributed by atoms with Gasteiger partial charge in [-0.1, -0.05) is 24.3 Å². The minimum Gasteiger partial charge on any atom is -0.340 e. The van der Waals surface area contributed by atoms with E-state index < -0.39 is 21.8 Å². The molecule has 28 heavy (non-hydrogen) atoms. The molecule has 0 bridgehead atoms. The van der Waals surface area contributed by atoms with Gasteiger partial charge in [-0.05, 0) is 42.8 Å². The third-order valence-corrected chi connectivity index (χ3v) is 5.70. The molecule has 0 spiro atoms. The molecule has 0 amide bonds. The van der Waals surface area contributed by atoms with E-state index >= 15 is 0 Å². The highest BCUT2D eigenvalue weighted by molar-refractivity contribution is 7.89. The first-order valence-corrected chi connectivity index (χ1v) is 9.79. The van der Waals surface area contributed by atoms with Crippen LogP contribution in [0, 0.1) is 0 Å². The molecule has 1 N–H and O–H groups in total. The SMILES string of the molecule is CNS(=O)(=O)c1ccc(Cc2cccc(C(F)(F)F)c2)c(-c2cn(C)cn2)c1. The number of hydrogen-bond acceptors (Lipinski definition) is 3. The summed E-state index contributed by atoms with van der Waals surface area (Å²) in [7, 11) is -0.584. The minimum absolute atomic E-state index is 0.0587. The van der Waals surface area contributed by atoms with Crippen molar-refractivity contribution in [2.45, 2.75) is 17.5 Å². The van der Waals surface area contributed by atoms with Crippen LogP contribution in [0.1, 0.15) is 16.7 Å². The Morgan fingerprint density at radius 2 is 1.89 bits per heavy atom. The van der Waals surface area contributed by atoms with Gasteiger partial charge in [-0.3, -0.25) is 0 Å². The predicted octanol–water partition coefficient (Wildman–Crippen LogP) is 3.60. The van der Waals surface area contributed by atoms with Crippen LogP contribution in [0.2, 0.25) is 0 Å². The average Bonchev–Trinajstić information content (AvgIpc) is 3.07. The maximum absolute atomic E-state index is 13.0. The molecule has 2 aromatic carbocycles. The van der Waals surface area contributed by atoms with E-state index in [4.69, 9.17) is 0 Å². The smallest absolute Gasteiger partial charge is 0.340 e. The van der Waals surface area contributed by atoms with Crippen molar-refractivity contribution in [2.75, 3.05) is 7.05 Å². The summed E-state index contributed by atoms with van der Waals surface area (Å²) >= 11 is 0. The molecule has 0 aliphatic carbocycles. The fourth-order valence-electron chi connectivity index (χ4n) is 2.86. The van der Waals surface area contributed by atoms with Gasteiger partial charge in [0.1, 0.15) is 0 Å². The second kappa shape index (κ2) is 7.40. The Bertz CT molecular complexity index is 1110. The number of hydrogen-bond donors (Lipinski definition) is 1. The van der Waals surface area contributed by atoms with Crippen molar-refractivity contribution >= 4 is 10.0 Å². The van der Waals surface area contributed by atoms with Crippen LogP contribution in [0.5, 0.6) is 0 Å². The number of aryl methyl sites for hydroxylation is 1. The van der Waals surface area contributed by atoms with Gasteiger partial charge in [-0.25, -0.2) is 18.1 Å². The summed E-state index contributed by atoms with van der Waals surface area (Å²) in [6.45, 7) is 0. The van der Waals surface area contributed by atoms with Gasteiger partial charge in [0, 0.05) is 18.8 Å². The molecule has 0 saturated carbocycles. The first-order chi connectivity index (χ1) is 13.1. The first-order valence-electron chi connectivity index (χ1n) is 8.31. The van der Waals surface area contributed by atoms with E-state index in [0.29, 0.717) is 22.4 Å². The number of aromatic nitrogens is 2. The lowest BCUT2D eigenvalue weighted by molar-refractivity contribution is -0.137. The fourth-order valence-corrected chi connectivity index (χ4v) is 3.62. The molecule has 0 fully saturated rings. The molecule has 1 heterocycles. The summed E-state index contributed by atoms with van der Waals surface area (Å²) in [5, 5.41) is 0. The van der Waals surface area contributed by atoms with Crippen LogP contribution in [-0.2, 0) is 29.7 Å². The monoisotopic (exact) mass is 409 g/mol. The van der Waals surface area contributed by atoms with Crippen molar-refractivity contribution in [1.82, 2.24) is 14.3 Å². The van der Waals surface area contributed by atoms with Gasteiger partial charge >= 0.3 is 6.18 Å². The molecular formula is C19H18F3N3O2S. The molecule has 0 unspecified atom stereocenters. The molecule has 1 aromatic heterocycles. The summed E-state index contributed by atoms with van der Waals surface area (Å²) in [6, 6.07) is 9.60. The van der Waals surface area contributed by atoms with Crippen molar-refractivity contribution in [3.63, 3.8) is 0 Å². The number of sulfonamides is 1. The third kappa shape index (κ3) is 4.26. The van der Waals surface area contributed by atoms with Gasteiger partial charge in [0.25, 0.3) is 0 Å². The number of benzene rings is 2. The summed E-state index contributed by atoms with van der Waals surface area (Å²) in [5.41, 5.74) is 1.51. The summed E-state index contributed by atoms with van der Waals surface area (Å²) in [6.07, 6.45) is -0.927. The van der Waals surface area contributed by atoms with Crippen LogP contribution in [-0.4, -0.2) is 25.0 Å². The van der Waals surface area contributed by atoms with Crippen LogP contribution in [0.15, 0.2) is 59.9 Å². The fraction of sp³-hybridized carbons (Fsp3) is 0.211. The Morgan fingerprint density at radius 1 is 1.14 bits per heavy atom. The maximum Gasteiger partial charge on any atom is 0.416 e. The Hall–Kier alpha value is -2.65. The zero-order valence-electron chi connectivity index (χ0n) is 15.2. The standard InChI is InChI=1S/C19H18F3N3O2S/c1-23-28(26,27)16-7-6-14(17(10-16)18-11-25(2)12-24-18)8-13-4-3-5-15(9-13)19(20,21)22/h3-7,9-12,23H,8H2,1-2H3. The molecule has 0 aliphatic heterocycles. The molecule has 0 atom stereocenters. The predicted molar refractivity (Wildman–Crippen MR) is 99.1 cm³/mol. The highest BCUT2D eigenvalue weighted by atomic mass is 32.2. The second-order valence-electron chi connectivity index (χ2n) is 6.33. The molecule has 9 heteroatoms. The highest BCUT2D eigenvalue weighted by Gasteiger charge is 2.30. The quantitative estimate of drug-likeness (QED) is 0.700. The summed E-state index contributed by atoms with van der Waals surface area (Å²) < 4.78 is 67.2. The van der Waals surface area contributed by atoms with Gasteiger partial charge in [0.15, 0.2) is 0 Å². The topological polar surface area (TPSA) is 64.0 Å². The normalized spacial score (nSPS) is 12.3. The van der Waals surface area contributed by atoms with Gasteiger partial charge < -0.3 is 4.57 Å². The van der Waals surface area contributed by atoms with Crippen LogP contribution < -0.4 is 4.72 Å². The van der Waals surface area contributed by atoms with Crippen LogP contribution >= 0.6 is 0 Å². The largest absolute Gasteiger partial charge is 0.416 e. The molecule has 0 aliphatic rings. The van der Waals surface area contributed by atoms with Gasteiger partial charge in [0.2, 0.25) is 10.0 Å². The van der Waals surface area contributed by atoms with E-state index in [1.54, 1.807) is 36.3 Å². The Kier molecular flexibility index (Phi) is 5.31. The Balaban J connectivity index is 2.08. The number of nitrogens with zero attached hydrogens (tertiary/aromatic N) is 2. The second-order valence-corrected chi connectivity index (χ2v) is 8.21. The number of rotatable bonds is 5. The number of nitrogens with one attached hydrogen (secondary N) is 1. The highest BCUT2D eigenvalue weighted by Crippen LogP contribution is 2.31. The third-order valence-electron chi connectivity index (χ3n) is 4.29. The van der Waals surface area contributed by atoms with Crippen LogP contribution in [0.4, 0.5) is 13.2 Å². The molecule has 5 nitrogen and oxygen atoms in total. The number of alkyl halides is 3. The zero-order valence-corrected chi connectivity index (χ0v) is 16.0. The van der Waals surface area contributed by atoms with E-state index in [2.05, 4.69) is 9.71 Å². The van der Waals surface area contributed by atoms with E-state index in [9.17, 15) is 21.6 Å². The average molecular weight is 409 g/mol. The van der Waals surface area contributed by atoms with E-state index in [0.717, 1.165) is 12.1 Å². The molecule has 3 aromatic rings.